The summed E-state index contributed by atoms with van der Waals surface area (Å²) < 4.78 is 16.1. The van der Waals surface area contributed by atoms with Gasteiger partial charge in [0.1, 0.15) is 23.7 Å². The average Bonchev–Trinajstić information content (AvgIpc) is 2.36. The van der Waals surface area contributed by atoms with Crippen LogP contribution >= 0.6 is 0 Å². The van der Waals surface area contributed by atoms with E-state index in [0.717, 1.165) is 10.9 Å². The van der Waals surface area contributed by atoms with E-state index in [2.05, 4.69) is 0 Å². The van der Waals surface area contributed by atoms with Crippen molar-refractivity contribution < 1.29 is 13.9 Å². The van der Waals surface area contributed by atoms with Crippen LogP contribution in [0.2, 0.25) is 0 Å². The van der Waals surface area contributed by atoms with Crippen molar-refractivity contribution in [3.8, 4) is 11.5 Å². The molecule has 0 bridgehead atoms. The van der Waals surface area contributed by atoms with Crippen LogP contribution < -0.4 is 15.1 Å². The zero-order valence-electron chi connectivity index (χ0n) is 12.1. The minimum Gasteiger partial charge on any atom is -0.496 e. The molecular formula is C16H18O4. The standard InChI is InChI=1S/C16H18O4/c1-10(2)5-6-19-12-7-11(3)16-13(18-4)9-15(17)20-14(16)8-12/h5,7-9H,6H2,1-4H3. The number of allylic oxidation sites excluding steroid dienone is 1. The van der Waals surface area contributed by atoms with Gasteiger partial charge in [0.15, 0.2) is 0 Å². The highest BCUT2D eigenvalue weighted by Crippen LogP contribution is 2.30. The Morgan fingerprint density at radius 2 is 2.05 bits per heavy atom. The third-order valence-corrected chi connectivity index (χ3v) is 2.94. The van der Waals surface area contributed by atoms with E-state index in [4.69, 9.17) is 13.9 Å². The lowest BCUT2D eigenvalue weighted by Crippen LogP contribution is -2.01. The predicted molar refractivity (Wildman–Crippen MR) is 78.7 cm³/mol. The Hall–Kier alpha value is -2.23. The molecule has 0 aliphatic carbocycles. The van der Waals surface area contributed by atoms with Crippen molar-refractivity contribution >= 4 is 11.0 Å². The van der Waals surface area contributed by atoms with Crippen LogP contribution in [0.15, 0.2) is 39.1 Å². The minimum atomic E-state index is -0.435. The normalized spacial score (nSPS) is 10.4. The Bertz CT molecular complexity index is 706. The van der Waals surface area contributed by atoms with Gasteiger partial charge in [0.2, 0.25) is 0 Å². The van der Waals surface area contributed by atoms with Gasteiger partial charge in [0, 0.05) is 6.07 Å². The fourth-order valence-electron chi connectivity index (χ4n) is 1.99. The molecule has 0 N–H and O–H groups in total. The zero-order chi connectivity index (χ0) is 14.7. The summed E-state index contributed by atoms with van der Waals surface area (Å²) in [5.74, 6) is 1.19. The molecule has 20 heavy (non-hydrogen) atoms. The van der Waals surface area contributed by atoms with E-state index in [-0.39, 0.29) is 0 Å². The molecule has 0 radical (unpaired) electrons. The highest BCUT2D eigenvalue weighted by Gasteiger charge is 2.10. The van der Waals surface area contributed by atoms with Crippen LogP contribution in [0.5, 0.6) is 11.5 Å². The van der Waals surface area contributed by atoms with Gasteiger partial charge in [0.25, 0.3) is 0 Å². The Balaban J connectivity index is 2.46. The Morgan fingerprint density at radius 3 is 2.70 bits per heavy atom. The summed E-state index contributed by atoms with van der Waals surface area (Å²) in [5, 5.41) is 0.793. The first-order chi connectivity index (χ1) is 9.51. The van der Waals surface area contributed by atoms with Gasteiger partial charge < -0.3 is 13.9 Å². The van der Waals surface area contributed by atoms with Gasteiger partial charge in [-0.1, -0.05) is 5.57 Å². The maximum atomic E-state index is 11.5. The maximum absolute atomic E-state index is 11.5. The molecular weight excluding hydrogens is 256 g/mol. The van der Waals surface area contributed by atoms with E-state index in [0.29, 0.717) is 23.7 Å². The largest absolute Gasteiger partial charge is 0.496 e. The number of benzene rings is 1. The van der Waals surface area contributed by atoms with Crippen LogP contribution in [0.1, 0.15) is 19.4 Å². The number of fused-ring (bicyclic) bond motifs is 1. The Morgan fingerprint density at radius 1 is 1.30 bits per heavy atom. The lowest BCUT2D eigenvalue weighted by molar-refractivity contribution is 0.361. The van der Waals surface area contributed by atoms with Crippen molar-refractivity contribution in [2.24, 2.45) is 0 Å². The second-order valence-corrected chi connectivity index (χ2v) is 4.84. The van der Waals surface area contributed by atoms with Crippen LogP contribution in [0, 0.1) is 6.92 Å². The van der Waals surface area contributed by atoms with E-state index < -0.39 is 5.63 Å². The van der Waals surface area contributed by atoms with Gasteiger partial charge in [-0.15, -0.1) is 0 Å². The molecule has 1 aromatic carbocycles. The number of rotatable bonds is 4. The summed E-state index contributed by atoms with van der Waals surface area (Å²) in [6.07, 6.45) is 1.99. The molecule has 0 fully saturated rings. The molecule has 0 amide bonds. The number of hydrogen-bond donors (Lipinski definition) is 0. The van der Waals surface area contributed by atoms with Gasteiger partial charge in [-0.25, -0.2) is 4.79 Å². The maximum Gasteiger partial charge on any atom is 0.339 e. The quantitative estimate of drug-likeness (QED) is 0.633. The first-order valence-electron chi connectivity index (χ1n) is 6.40. The molecule has 0 aliphatic rings. The van der Waals surface area contributed by atoms with Crippen LogP contribution in [-0.2, 0) is 0 Å². The summed E-state index contributed by atoms with van der Waals surface area (Å²) >= 11 is 0. The first kappa shape index (κ1) is 14.2. The van der Waals surface area contributed by atoms with Gasteiger partial charge in [-0.05, 0) is 38.5 Å². The third kappa shape index (κ3) is 3.02. The van der Waals surface area contributed by atoms with Crippen molar-refractivity contribution in [2.45, 2.75) is 20.8 Å². The third-order valence-electron chi connectivity index (χ3n) is 2.94. The molecule has 1 heterocycles. The highest BCUT2D eigenvalue weighted by atomic mass is 16.5. The number of ether oxygens (including phenoxy) is 2. The van der Waals surface area contributed by atoms with Crippen LogP contribution in [0.25, 0.3) is 11.0 Å². The second-order valence-electron chi connectivity index (χ2n) is 4.84. The highest BCUT2D eigenvalue weighted by molar-refractivity contribution is 5.87. The fraction of sp³-hybridized carbons (Fsp3) is 0.312. The molecule has 0 aliphatic heterocycles. The lowest BCUT2D eigenvalue weighted by atomic mass is 10.1. The van der Waals surface area contributed by atoms with E-state index >= 15 is 0 Å². The van der Waals surface area contributed by atoms with Crippen molar-refractivity contribution in [3.63, 3.8) is 0 Å². The molecule has 2 rings (SSSR count). The summed E-state index contributed by atoms with van der Waals surface area (Å²) in [5.41, 5.74) is 2.17. The fourth-order valence-corrected chi connectivity index (χ4v) is 1.99. The smallest absolute Gasteiger partial charge is 0.339 e. The van der Waals surface area contributed by atoms with Crippen molar-refractivity contribution in [3.05, 3.63) is 45.8 Å². The molecule has 4 heteroatoms. The van der Waals surface area contributed by atoms with Gasteiger partial charge >= 0.3 is 5.63 Å². The SMILES string of the molecule is COc1cc(=O)oc2cc(OCC=C(C)C)cc(C)c12. The zero-order valence-corrected chi connectivity index (χ0v) is 12.1. The van der Waals surface area contributed by atoms with Gasteiger partial charge in [-0.3, -0.25) is 0 Å². The molecule has 0 saturated heterocycles. The molecule has 0 atom stereocenters. The van der Waals surface area contributed by atoms with Gasteiger partial charge in [-0.2, -0.15) is 0 Å². The molecule has 4 nitrogen and oxygen atoms in total. The summed E-state index contributed by atoms with van der Waals surface area (Å²) in [4.78, 5) is 11.5. The number of hydrogen-bond acceptors (Lipinski definition) is 4. The first-order valence-corrected chi connectivity index (χ1v) is 6.40. The molecule has 106 valence electrons. The van der Waals surface area contributed by atoms with Crippen molar-refractivity contribution in [1.82, 2.24) is 0 Å². The average molecular weight is 274 g/mol. The summed E-state index contributed by atoms with van der Waals surface area (Å²) in [7, 11) is 1.53. The topological polar surface area (TPSA) is 48.7 Å². The number of aryl methyl sites for hydroxylation is 1. The monoisotopic (exact) mass is 274 g/mol. The molecule has 0 saturated carbocycles. The lowest BCUT2D eigenvalue weighted by Gasteiger charge is -2.10. The van der Waals surface area contributed by atoms with E-state index in [1.54, 1.807) is 6.07 Å². The Labute approximate surface area is 117 Å². The molecule has 1 aromatic heterocycles. The minimum absolute atomic E-state index is 0.435. The molecule has 0 unspecified atom stereocenters. The molecule has 0 spiro atoms. The van der Waals surface area contributed by atoms with Crippen LogP contribution in [0.3, 0.4) is 0 Å². The number of methoxy groups -OCH3 is 1. The van der Waals surface area contributed by atoms with E-state index in [9.17, 15) is 4.79 Å². The summed E-state index contributed by atoms with van der Waals surface area (Å²) in [6, 6.07) is 4.97. The Kier molecular flexibility index (Phi) is 4.13. The second kappa shape index (κ2) is 5.82. The molecule has 2 aromatic rings. The van der Waals surface area contributed by atoms with E-state index in [1.165, 1.54) is 18.7 Å². The van der Waals surface area contributed by atoms with E-state index in [1.807, 2.05) is 32.9 Å². The summed E-state index contributed by atoms with van der Waals surface area (Å²) in [6.45, 7) is 6.44. The van der Waals surface area contributed by atoms with Gasteiger partial charge in [0.05, 0.1) is 18.6 Å². The van der Waals surface area contributed by atoms with Crippen molar-refractivity contribution in [2.75, 3.05) is 13.7 Å². The van der Waals surface area contributed by atoms with Crippen LogP contribution in [-0.4, -0.2) is 13.7 Å². The predicted octanol–water partition coefficient (Wildman–Crippen LogP) is 3.46. The van der Waals surface area contributed by atoms with Crippen molar-refractivity contribution in [1.29, 1.82) is 0 Å². The van der Waals surface area contributed by atoms with Crippen LogP contribution in [0.4, 0.5) is 0 Å².